The molecule has 0 aliphatic heterocycles. The molecule has 4 N–H and O–H groups in total. The van der Waals surface area contributed by atoms with Crippen LogP contribution in [0.25, 0.3) is 10.7 Å². The first-order valence-electron chi connectivity index (χ1n) is 7.97. The van der Waals surface area contributed by atoms with Crippen molar-refractivity contribution in [2.24, 2.45) is 5.73 Å². The number of aryl methyl sites for hydroxylation is 3. The largest absolute Gasteiger partial charge is 0.368 e. The number of anilines is 1. The normalized spacial score (nSPS) is 11.8. The molecule has 3 amide bonds. The number of urea groups is 1. The van der Waals surface area contributed by atoms with Gasteiger partial charge in [0, 0.05) is 11.4 Å². The molecule has 0 saturated carbocycles. The minimum absolute atomic E-state index is 0.410. The number of carbonyl (C=O) groups is 2. The average molecular weight is 362 g/mol. The van der Waals surface area contributed by atoms with Gasteiger partial charge in [-0.15, -0.1) is 0 Å². The monoisotopic (exact) mass is 362 g/mol. The number of primary amides is 1. The van der Waals surface area contributed by atoms with Gasteiger partial charge in [-0.3, -0.25) is 10.1 Å². The highest BCUT2D eigenvalue weighted by atomic mass is 32.1. The number of aromatic nitrogens is 3. The molecule has 25 heavy (non-hydrogen) atoms. The Morgan fingerprint density at radius 2 is 1.84 bits per heavy atom. The van der Waals surface area contributed by atoms with Gasteiger partial charge in [0.2, 0.25) is 5.91 Å². The Hall–Kier alpha value is -2.55. The first-order chi connectivity index (χ1) is 11.8. The fourth-order valence-electron chi connectivity index (χ4n) is 2.35. The molecule has 9 heteroatoms. The Bertz CT molecular complexity index is 769. The highest BCUT2D eigenvalue weighted by Gasteiger charge is 2.19. The van der Waals surface area contributed by atoms with Gasteiger partial charge >= 0.3 is 6.03 Å². The van der Waals surface area contributed by atoms with Crippen molar-refractivity contribution in [1.82, 2.24) is 20.3 Å². The fourth-order valence-corrected chi connectivity index (χ4v) is 3.25. The van der Waals surface area contributed by atoms with E-state index in [0.717, 1.165) is 28.4 Å². The van der Waals surface area contributed by atoms with Crippen LogP contribution in [-0.4, -0.2) is 32.9 Å². The van der Waals surface area contributed by atoms with E-state index in [-0.39, 0.29) is 0 Å². The smallest absolute Gasteiger partial charge is 0.321 e. The maximum Gasteiger partial charge on any atom is 0.321 e. The molecule has 1 atom stereocenters. The molecule has 0 spiro atoms. The van der Waals surface area contributed by atoms with E-state index in [4.69, 9.17) is 5.73 Å². The van der Waals surface area contributed by atoms with E-state index in [1.165, 1.54) is 11.3 Å². The van der Waals surface area contributed by atoms with Crippen LogP contribution in [0.3, 0.4) is 0 Å². The molecule has 0 aliphatic carbocycles. The Balaban J connectivity index is 2.14. The van der Waals surface area contributed by atoms with E-state index >= 15 is 0 Å². The number of thiazole rings is 1. The van der Waals surface area contributed by atoms with Crippen LogP contribution in [0.2, 0.25) is 0 Å². The molecule has 134 valence electrons. The lowest BCUT2D eigenvalue weighted by molar-refractivity contribution is -0.119. The van der Waals surface area contributed by atoms with Crippen molar-refractivity contribution in [2.45, 2.75) is 46.6 Å². The van der Waals surface area contributed by atoms with E-state index in [1.807, 2.05) is 33.8 Å². The Labute approximate surface area is 150 Å². The van der Waals surface area contributed by atoms with Gasteiger partial charge in [-0.25, -0.2) is 19.7 Å². The zero-order valence-corrected chi connectivity index (χ0v) is 15.5. The second-order valence-corrected chi connectivity index (χ2v) is 6.75. The summed E-state index contributed by atoms with van der Waals surface area (Å²) in [5.74, 6) is 0.0265. The summed E-state index contributed by atoms with van der Waals surface area (Å²) in [6, 6.07) is 0.677. The molecule has 2 aromatic rings. The quantitative estimate of drug-likeness (QED) is 0.727. The number of hydrogen-bond acceptors (Lipinski definition) is 6. The summed E-state index contributed by atoms with van der Waals surface area (Å²) >= 11 is 1.28. The van der Waals surface area contributed by atoms with Crippen LogP contribution in [0.15, 0.2) is 6.07 Å². The topological polar surface area (TPSA) is 123 Å². The summed E-state index contributed by atoms with van der Waals surface area (Å²) in [6.45, 7) is 7.55. The predicted molar refractivity (Wildman–Crippen MR) is 97.4 cm³/mol. The molecule has 2 rings (SSSR count). The van der Waals surface area contributed by atoms with E-state index in [9.17, 15) is 9.59 Å². The molecule has 0 aliphatic rings. The highest BCUT2D eigenvalue weighted by Crippen LogP contribution is 2.30. The molecule has 0 fully saturated rings. The van der Waals surface area contributed by atoms with E-state index < -0.39 is 18.0 Å². The standard InChI is InChI=1S/C16H22N6O2S/c1-5-6-11(13(17)23)21-15(24)22-16-20-10(4)12(25-16)14-18-8(2)7-9(3)19-14/h7,11H,5-6H2,1-4H3,(H2,17,23)(H2,20,21,22,24)/t11-/m0/s1. The van der Waals surface area contributed by atoms with Crippen molar-refractivity contribution in [3.05, 3.63) is 23.1 Å². The molecule has 0 saturated heterocycles. The van der Waals surface area contributed by atoms with Crippen LogP contribution in [0.5, 0.6) is 0 Å². The minimum atomic E-state index is -0.701. The molecule has 2 heterocycles. The van der Waals surface area contributed by atoms with Crippen LogP contribution in [0.1, 0.15) is 36.8 Å². The number of rotatable bonds is 6. The lowest BCUT2D eigenvalue weighted by atomic mass is 10.1. The number of nitrogens with one attached hydrogen (secondary N) is 2. The van der Waals surface area contributed by atoms with Gasteiger partial charge in [0.25, 0.3) is 0 Å². The zero-order valence-electron chi connectivity index (χ0n) is 14.7. The number of carbonyl (C=O) groups excluding carboxylic acids is 2. The molecular weight excluding hydrogens is 340 g/mol. The Morgan fingerprint density at radius 3 is 2.40 bits per heavy atom. The fraction of sp³-hybridized carbons (Fsp3) is 0.438. The first kappa shape index (κ1) is 18.8. The lowest BCUT2D eigenvalue weighted by Crippen LogP contribution is -2.46. The van der Waals surface area contributed by atoms with Gasteiger partial charge in [0.05, 0.1) is 10.6 Å². The SMILES string of the molecule is CCC[C@H](NC(=O)Nc1nc(C)c(-c2nc(C)cc(C)n2)s1)C(N)=O. The molecular formula is C16H22N6O2S. The van der Waals surface area contributed by atoms with Gasteiger partial charge < -0.3 is 11.1 Å². The van der Waals surface area contributed by atoms with Crippen molar-refractivity contribution < 1.29 is 9.59 Å². The second-order valence-electron chi connectivity index (χ2n) is 5.75. The van der Waals surface area contributed by atoms with Gasteiger partial charge in [-0.05, 0) is 33.3 Å². The Morgan fingerprint density at radius 1 is 1.20 bits per heavy atom. The van der Waals surface area contributed by atoms with E-state index in [0.29, 0.717) is 17.4 Å². The van der Waals surface area contributed by atoms with Crippen LogP contribution in [-0.2, 0) is 4.79 Å². The third-order valence-electron chi connectivity index (χ3n) is 3.43. The third-order valence-corrected chi connectivity index (χ3v) is 4.50. The lowest BCUT2D eigenvalue weighted by Gasteiger charge is -2.14. The summed E-state index contributed by atoms with van der Waals surface area (Å²) < 4.78 is 0. The van der Waals surface area contributed by atoms with Gasteiger partial charge in [0.1, 0.15) is 6.04 Å². The number of nitrogens with two attached hydrogens (primary N) is 1. The van der Waals surface area contributed by atoms with Crippen molar-refractivity contribution in [2.75, 3.05) is 5.32 Å². The number of nitrogens with zero attached hydrogens (tertiary/aromatic N) is 3. The molecule has 2 aromatic heterocycles. The maximum atomic E-state index is 12.1. The molecule has 8 nitrogen and oxygen atoms in total. The van der Waals surface area contributed by atoms with Crippen LogP contribution in [0.4, 0.5) is 9.93 Å². The van der Waals surface area contributed by atoms with E-state index in [2.05, 4.69) is 25.6 Å². The minimum Gasteiger partial charge on any atom is -0.368 e. The summed E-state index contributed by atoms with van der Waals surface area (Å²) in [4.78, 5) is 37.4. The average Bonchev–Trinajstić information content (AvgIpc) is 2.86. The van der Waals surface area contributed by atoms with Gasteiger partial charge in [-0.1, -0.05) is 24.7 Å². The van der Waals surface area contributed by atoms with Crippen molar-refractivity contribution in [3.8, 4) is 10.7 Å². The van der Waals surface area contributed by atoms with Crippen LogP contribution < -0.4 is 16.4 Å². The summed E-state index contributed by atoms with van der Waals surface area (Å²) in [5.41, 5.74) is 7.75. The highest BCUT2D eigenvalue weighted by molar-refractivity contribution is 7.19. The van der Waals surface area contributed by atoms with Crippen molar-refractivity contribution in [1.29, 1.82) is 0 Å². The summed E-state index contributed by atoms with van der Waals surface area (Å²) in [5, 5.41) is 5.61. The number of amides is 3. The van der Waals surface area contributed by atoms with Gasteiger partial charge in [0.15, 0.2) is 11.0 Å². The van der Waals surface area contributed by atoms with Crippen LogP contribution >= 0.6 is 11.3 Å². The Kier molecular flexibility index (Phi) is 6.02. The third kappa shape index (κ3) is 4.96. The van der Waals surface area contributed by atoms with E-state index in [1.54, 1.807) is 0 Å². The second kappa shape index (κ2) is 8.02. The predicted octanol–water partition coefficient (Wildman–Crippen LogP) is 2.30. The van der Waals surface area contributed by atoms with Gasteiger partial charge in [-0.2, -0.15) is 0 Å². The van der Waals surface area contributed by atoms with Crippen LogP contribution in [0, 0.1) is 20.8 Å². The zero-order chi connectivity index (χ0) is 18.6. The maximum absolute atomic E-state index is 12.1. The summed E-state index contributed by atoms with van der Waals surface area (Å²) in [7, 11) is 0. The number of hydrogen-bond donors (Lipinski definition) is 3. The summed E-state index contributed by atoms with van der Waals surface area (Å²) in [6.07, 6.45) is 1.22. The van der Waals surface area contributed by atoms with Crippen molar-refractivity contribution >= 4 is 28.4 Å². The molecule has 0 unspecified atom stereocenters. The molecule has 0 radical (unpaired) electrons. The van der Waals surface area contributed by atoms with Crippen molar-refractivity contribution in [3.63, 3.8) is 0 Å². The molecule has 0 aromatic carbocycles. The first-order valence-corrected chi connectivity index (χ1v) is 8.78. The molecule has 0 bridgehead atoms.